The molecule has 0 aromatic heterocycles. The van der Waals surface area contributed by atoms with Crippen molar-refractivity contribution in [2.75, 3.05) is 13.7 Å². The number of rotatable bonds is 7. The number of carbonyl (C=O) groups excluding carboxylic acids is 3. The van der Waals surface area contributed by atoms with Crippen molar-refractivity contribution < 1.29 is 23.9 Å². The SMILES string of the molecule is COC(=O)[C@@H](C)[C@H](CN1C(=O)c2ccccc2C1=O)OCc1ccccc1. The van der Waals surface area contributed by atoms with E-state index in [0.717, 1.165) is 10.5 Å². The van der Waals surface area contributed by atoms with Crippen LogP contribution in [0.3, 0.4) is 0 Å². The molecule has 1 heterocycles. The highest BCUT2D eigenvalue weighted by Crippen LogP contribution is 2.24. The molecule has 0 spiro atoms. The standard InChI is InChI=1S/C21H21NO5/c1-14(21(25)26-2)18(27-13-15-8-4-3-5-9-15)12-22-19(23)16-10-6-7-11-17(16)20(22)24/h3-11,14,18H,12-13H2,1-2H3/t14-,18-/m0/s1. The summed E-state index contributed by atoms with van der Waals surface area (Å²) in [6.07, 6.45) is -0.681. The van der Waals surface area contributed by atoms with E-state index < -0.39 is 18.0 Å². The molecule has 2 aromatic carbocycles. The smallest absolute Gasteiger partial charge is 0.311 e. The third kappa shape index (κ3) is 3.90. The fourth-order valence-electron chi connectivity index (χ4n) is 3.06. The van der Waals surface area contributed by atoms with Gasteiger partial charge < -0.3 is 9.47 Å². The van der Waals surface area contributed by atoms with Gasteiger partial charge in [0.1, 0.15) is 0 Å². The Hall–Kier alpha value is -2.99. The van der Waals surface area contributed by atoms with Crippen molar-refractivity contribution in [1.29, 1.82) is 0 Å². The molecule has 2 atom stereocenters. The Morgan fingerprint density at radius 3 is 2.07 bits per heavy atom. The summed E-state index contributed by atoms with van der Waals surface area (Å²) < 4.78 is 10.7. The van der Waals surface area contributed by atoms with E-state index in [-0.39, 0.29) is 25.0 Å². The first-order chi connectivity index (χ1) is 13.0. The van der Waals surface area contributed by atoms with Gasteiger partial charge >= 0.3 is 5.97 Å². The van der Waals surface area contributed by atoms with E-state index in [1.54, 1.807) is 31.2 Å². The minimum Gasteiger partial charge on any atom is -0.469 e. The third-order valence-corrected chi connectivity index (χ3v) is 4.68. The van der Waals surface area contributed by atoms with Gasteiger partial charge in [-0.1, -0.05) is 42.5 Å². The van der Waals surface area contributed by atoms with Gasteiger partial charge in [0.2, 0.25) is 0 Å². The number of methoxy groups -OCH3 is 1. The number of hydrogen-bond donors (Lipinski definition) is 0. The second-order valence-corrected chi connectivity index (χ2v) is 6.41. The average Bonchev–Trinajstić information content (AvgIpc) is 2.95. The van der Waals surface area contributed by atoms with Crippen LogP contribution < -0.4 is 0 Å². The number of hydrogen-bond acceptors (Lipinski definition) is 5. The highest BCUT2D eigenvalue weighted by atomic mass is 16.5. The lowest BCUT2D eigenvalue weighted by molar-refractivity contribution is -0.151. The summed E-state index contributed by atoms with van der Waals surface area (Å²) in [4.78, 5) is 38.4. The van der Waals surface area contributed by atoms with Crippen LogP contribution in [0.25, 0.3) is 0 Å². The monoisotopic (exact) mass is 367 g/mol. The summed E-state index contributed by atoms with van der Waals surface area (Å²) in [5, 5.41) is 0. The first-order valence-electron chi connectivity index (χ1n) is 8.71. The molecule has 0 saturated heterocycles. The van der Waals surface area contributed by atoms with E-state index in [9.17, 15) is 14.4 Å². The Morgan fingerprint density at radius 2 is 1.52 bits per heavy atom. The number of nitrogens with zero attached hydrogens (tertiary/aromatic N) is 1. The maximum Gasteiger partial charge on any atom is 0.311 e. The molecule has 0 unspecified atom stereocenters. The van der Waals surface area contributed by atoms with E-state index in [4.69, 9.17) is 9.47 Å². The van der Waals surface area contributed by atoms with Crippen LogP contribution in [0.4, 0.5) is 0 Å². The van der Waals surface area contributed by atoms with Crippen molar-refractivity contribution in [2.24, 2.45) is 5.92 Å². The highest BCUT2D eigenvalue weighted by molar-refractivity contribution is 6.21. The molecule has 27 heavy (non-hydrogen) atoms. The van der Waals surface area contributed by atoms with Gasteiger partial charge in [0.15, 0.2) is 0 Å². The first-order valence-corrected chi connectivity index (χ1v) is 8.71. The maximum absolute atomic E-state index is 12.6. The quantitative estimate of drug-likeness (QED) is 0.556. The summed E-state index contributed by atoms with van der Waals surface area (Å²) in [5.41, 5.74) is 1.67. The van der Waals surface area contributed by atoms with E-state index in [0.29, 0.717) is 11.1 Å². The summed E-state index contributed by atoms with van der Waals surface area (Å²) in [6, 6.07) is 16.2. The molecule has 0 bridgehead atoms. The number of benzene rings is 2. The normalized spacial score (nSPS) is 15.4. The van der Waals surface area contributed by atoms with Gasteiger partial charge in [0, 0.05) is 0 Å². The zero-order valence-corrected chi connectivity index (χ0v) is 15.3. The van der Waals surface area contributed by atoms with Crippen molar-refractivity contribution >= 4 is 17.8 Å². The highest BCUT2D eigenvalue weighted by Gasteiger charge is 2.38. The molecule has 0 fully saturated rings. The van der Waals surface area contributed by atoms with Crippen LogP contribution in [0.5, 0.6) is 0 Å². The molecular weight excluding hydrogens is 346 g/mol. The van der Waals surface area contributed by atoms with E-state index >= 15 is 0 Å². The number of fused-ring (bicyclic) bond motifs is 1. The van der Waals surface area contributed by atoms with Crippen LogP contribution in [0.1, 0.15) is 33.2 Å². The first kappa shape index (κ1) is 18.8. The summed E-state index contributed by atoms with van der Waals surface area (Å²) in [7, 11) is 1.30. The zero-order valence-electron chi connectivity index (χ0n) is 15.3. The molecule has 140 valence electrons. The van der Waals surface area contributed by atoms with Gasteiger partial charge in [0.25, 0.3) is 11.8 Å². The molecule has 0 radical (unpaired) electrons. The lowest BCUT2D eigenvalue weighted by atomic mass is 10.0. The van der Waals surface area contributed by atoms with E-state index in [1.165, 1.54) is 7.11 Å². The fourth-order valence-corrected chi connectivity index (χ4v) is 3.06. The molecule has 1 aliphatic heterocycles. The second-order valence-electron chi connectivity index (χ2n) is 6.41. The van der Waals surface area contributed by atoms with Gasteiger partial charge in [0.05, 0.1) is 43.4 Å². The largest absolute Gasteiger partial charge is 0.469 e. The number of esters is 1. The van der Waals surface area contributed by atoms with E-state index in [1.807, 2.05) is 30.3 Å². The predicted molar refractivity (Wildman–Crippen MR) is 98.0 cm³/mol. The molecule has 3 rings (SSSR count). The van der Waals surface area contributed by atoms with Gasteiger partial charge in [-0.05, 0) is 24.6 Å². The molecule has 6 nitrogen and oxygen atoms in total. The van der Waals surface area contributed by atoms with Crippen molar-refractivity contribution in [3.63, 3.8) is 0 Å². The molecule has 0 saturated carbocycles. The number of imide groups is 1. The molecule has 2 amide bonds. The Morgan fingerprint density at radius 1 is 0.963 bits per heavy atom. The average molecular weight is 367 g/mol. The maximum atomic E-state index is 12.6. The fraction of sp³-hybridized carbons (Fsp3) is 0.286. The van der Waals surface area contributed by atoms with Crippen LogP contribution in [0.15, 0.2) is 54.6 Å². The number of amides is 2. The molecule has 6 heteroatoms. The Bertz CT molecular complexity index is 814. The summed E-state index contributed by atoms with van der Waals surface area (Å²) in [5.74, 6) is -1.84. The Balaban J connectivity index is 1.78. The predicted octanol–water partition coefficient (Wildman–Crippen LogP) is 2.68. The summed E-state index contributed by atoms with van der Waals surface area (Å²) >= 11 is 0. The molecule has 1 aliphatic rings. The van der Waals surface area contributed by atoms with Crippen LogP contribution >= 0.6 is 0 Å². The number of ether oxygens (including phenoxy) is 2. The molecule has 2 aromatic rings. The van der Waals surface area contributed by atoms with Crippen molar-refractivity contribution in [3.8, 4) is 0 Å². The Kier molecular flexibility index (Phi) is 5.66. The molecule has 0 aliphatic carbocycles. The lowest BCUT2D eigenvalue weighted by Crippen LogP contribution is -2.43. The van der Waals surface area contributed by atoms with Crippen molar-refractivity contribution in [2.45, 2.75) is 19.6 Å². The summed E-state index contributed by atoms with van der Waals surface area (Å²) in [6.45, 7) is 1.91. The van der Waals surface area contributed by atoms with Gasteiger partial charge in [-0.3, -0.25) is 19.3 Å². The van der Waals surface area contributed by atoms with Crippen LogP contribution in [0.2, 0.25) is 0 Å². The van der Waals surface area contributed by atoms with E-state index in [2.05, 4.69) is 0 Å². The second kappa shape index (κ2) is 8.14. The van der Waals surface area contributed by atoms with Crippen LogP contribution in [0, 0.1) is 5.92 Å². The zero-order chi connectivity index (χ0) is 19.4. The topological polar surface area (TPSA) is 72.9 Å². The molecular formula is C21H21NO5. The van der Waals surface area contributed by atoms with Crippen molar-refractivity contribution in [1.82, 2.24) is 4.90 Å². The van der Waals surface area contributed by atoms with Crippen molar-refractivity contribution in [3.05, 3.63) is 71.3 Å². The lowest BCUT2D eigenvalue weighted by Gasteiger charge is -2.26. The Labute approximate surface area is 157 Å². The minimum absolute atomic E-state index is 0.0184. The minimum atomic E-state index is -0.681. The van der Waals surface area contributed by atoms with Crippen LogP contribution in [-0.2, 0) is 20.9 Å². The molecule has 0 N–H and O–H groups in total. The third-order valence-electron chi connectivity index (χ3n) is 4.68. The van der Waals surface area contributed by atoms with Gasteiger partial charge in [-0.25, -0.2) is 0 Å². The van der Waals surface area contributed by atoms with Gasteiger partial charge in [-0.15, -0.1) is 0 Å². The van der Waals surface area contributed by atoms with Gasteiger partial charge in [-0.2, -0.15) is 0 Å². The number of carbonyl (C=O) groups is 3. The van der Waals surface area contributed by atoms with Crippen LogP contribution in [-0.4, -0.2) is 42.4 Å².